The van der Waals surface area contributed by atoms with Crippen LogP contribution in [0.5, 0.6) is 0 Å². The molecule has 1 saturated heterocycles. The van der Waals surface area contributed by atoms with Gasteiger partial charge in [0.15, 0.2) is 0 Å². The molecule has 0 amide bonds. The summed E-state index contributed by atoms with van der Waals surface area (Å²) in [6, 6.07) is 1.80. The van der Waals surface area contributed by atoms with Gasteiger partial charge < -0.3 is 14.6 Å². The lowest BCUT2D eigenvalue weighted by atomic mass is 9.87. The van der Waals surface area contributed by atoms with E-state index in [1.54, 1.807) is 13.2 Å². The van der Waals surface area contributed by atoms with Crippen LogP contribution in [-0.4, -0.2) is 31.0 Å². The van der Waals surface area contributed by atoms with Gasteiger partial charge in [-0.05, 0) is 11.4 Å². The minimum Gasteiger partial charge on any atom is -0.384 e. The largest absolute Gasteiger partial charge is 0.384 e. The Labute approximate surface area is 104 Å². The number of rotatable bonds is 3. The van der Waals surface area contributed by atoms with Crippen LogP contribution in [0.4, 0.5) is 0 Å². The molecular weight excluding hydrogens is 248 g/mol. The summed E-state index contributed by atoms with van der Waals surface area (Å²) in [5.41, 5.74) is -0.549. The first kappa shape index (κ1) is 12.3. The summed E-state index contributed by atoms with van der Waals surface area (Å²) in [6.45, 7) is 1.24. The van der Waals surface area contributed by atoms with Crippen LogP contribution in [0.25, 0.3) is 0 Å². The highest BCUT2D eigenvalue weighted by atomic mass is 35.5. The Morgan fingerprint density at radius 1 is 1.56 bits per heavy atom. The van der Waals surface area contributed by atoms with E-state index in [4.69, 9.17) is 21.1 Å². The van der Waals surface area contributed by atoms with Crippen LogP contribution in [0.3, 0.4) is 0 Å². The van der Waals surface area contributed by atoms with Gasteiger partial charge in [0, 0.05) is 33.2 Å². The van der Waals surface area contributed by atoms with Crippen LogP contribution >= 0.6 is 22.9 Å². The van der Waals surface area contributed by atoms with Crippen molar-refractivity contribution in [2.75, 3.05) is 20.3 Å². The summed E-state index contributed by atoms with van der Waals surface area (Å²) < 4.78 is 10.8. The normalized spacial score (nSPS) is 21.9. The molecule has 5 heteroatoms. The quantitative estimate of drug-likeness (QED) is 0.910. The van der Waals surface area contributed by atoms with Gasteiger partial charge in [0.1, 0.15) is 11.7 Å². The number of thiophene rings is 1. The van der Waals surface area contributed by atoms with Crippen LogP contribution < -0.4 is 0 Å². The van der Waals surface area contributed by atoms with Crippen molar-refractivity contribution >= 4 is 22.9 Å². The maximum absolute atomic E-state index is 10.4. The first-order valence-electron chi connectivity index (χ1n) is 5.23. The molecule has 0 radical (unpaired) electrons. The first-order valence-corrected chi connectivity index (χ1v) is 6.49. The topological polar surface area (TPSA) is 38.7 Å². The Hall–Kier alpha value is -0.130. The van der Waals surface area contributed by atoms with Gasteiger partial charge in [-0.15, -0.1) is 11.3 Å². The fraction of sp³-hybridized carbons (Fsp3) is 0.636. The molecule has 1 N–H and O–H groups in total. The van der Waals surface area contributed by atoms with Crippen LogP contribution in [0.15, 0.2) is 11.4 Å². The Bertz CT molecular complexity index is 347. The molecule has 1 atom stereocenters. The Kier molecular flexibility index (Phi) is 3.87. The number of hydrogen-bond donors (Lipinski definition) is 1. The molecule has 16 heavy (non-hydrogen) atoms. The van der Waals surface area contributed by atoms with Crippen molar-refractivity contribution in [3.05, 3.63) is 21.3 Å². The van der Waals surface area contributed by atoms with Gasteiger partial charge in [0.05, 0.1) is 9.90 Å². The van der Waals surface area contributed by atoms with Crippen molar-refractivity contribution in [2.24, 2.45) is 0 Å². The number of aliphatic hydroxyl groups excluding tert-OH is 1. The standard InChI is InChI=1S/C11H15ClO3S/c1-14-11(3-5-15-6-4-11)10(13)9-8(12)2-7-16-9/h2,7,10,13H,3-6H2,1H3. The lowest BCUT2D eigenvalue weighted by Gasteiger charge is -2.39. The zero-order valence-electron chi connectivity index (χ0n) is 9.11. The van der Waals surface area contributed by atoms with E-state index in [0.29, 0.717) is 31.1 Å². The van der Waals surface area contributed by atoms with Crippen LogP contribution in [0.2, 0.25) is 5.02 Å². The Morgan fingerprint density at radius 2 is 2.25 bits per heavy atom. The van der Waals surface area contributed by atoms with Crippen LogP contribution in [0.1, 0.15) is 23.8 Å². The minimum absolute atomic E-state index is 0.549. The molecule has 1 aromatic rings. The lowest BCUT2D eigenvalue weighted by Crippen LogP contribution is -2.43. The molecule has 1 unspecified atom stereocenters. The lowest BCUT2D eigenvalue weighted by molar-refractivity contribution is -0.153. The average molecular weight is 263 g/mol. The Balaban J connectivity index is 2.24. The van der Waals surface area contributed by atoms with Crippen molar-refractivity contribution in [1.82, 2.24) is 0 Å². The van der Waals surface area contributed by atoms with Crippen molar-refractivity contribution in [3.8, 4) is 0 Å². The van der Waals surface area contributed by atoms with E-state index in [1.165, 1.54) is 11.3 Å². The molecule has 2 rings (SSSR count). The third-order valence-electron chi connectivity index (χ3n) is 3.14. The van der Waals surface area contributed by atoms with E-state index < -0.39 is 11.7 Å². The molecule has 1 aliphatic rings. The summed E-state index contributed by atoms with van der Waals surface area (Å²) in [5, 5.41) is 12.9. The molecule has 1 aromatic heterocycles. The fourth-order valence-electron chi connectivity index (χ4n) is 2.05. The molecule has 0 saturated carbocycles. The van der Waals surface area contributed by atoms with E-state index in [9.17, 15) is 5.11 Å². The number of halogens is 1. The predicted molar refractivity (Wildman–Crippen MR) is 64.1 cm³/mol. The second-order valence-electron chi connectivity index (χ2n) is 3.92. The minimum atomic E-state index is -0.672. The van der Waals surface area contributed by atoms with Crippen molar-refractivity contribution < 1.29 is 14.6 Å². The third kappa shape index (κ3) is 2.13. The SMILES string of the molecule is COC1(C(O)c2sccc2Cl)CCOCC1. The molecule has 0 spiro atoms. The zero-order chi connectivity index (χ0) is 11.6. The second kappa shape index (κ2) is 5.02. The van der Waals surface area contributed by atoms with Gasteiger partial charge >= 0.3 is 0 Å². The molecular formula is C11H15ClO3S. The molecule has 0 bridgehead atoms. The second-order valence-corrected chi connectivity index (χ2v) is 5.27. The molecule has 0 aromatic carbocycles. The fourth-order valence-corrected chi connectivity index (χ4v) is 3.30. The highest BCUT2D eigenvalue weighted by Gasteiger charge is 2.41. The molecule has 1 aliphatic heterocycles. The van der Waals surface area contributed by atoms with Crippen molar-refractivity contribution in [2.45, 2.75) is 24.5 Å². The van der Waals surface area contributed by atoms with Gasteiger partial charge in [-0.1, -0.05) is 11.6 Å². The van der Waals surface area contributed by atoms with E-state index in [-0.39, 0.29) is 0 Å². The summed E-state index contributed by atoms with van der Waals surface area (Å²) >= 11 is 7.50. The molecule has 0 aliphatic carbocycles. The van der Waals surface area contributed by atoms with Crippen molar-refractivity contribution in [3.63, 3.8) is 0 Å². The maximum Gasteiger partial charge on any atom is 0.119 e. The van der Waals surface area contributed by atoms with Gasteiger partial charge in [0.2, 0.25) is 0 Å². The van der Waals surface area contributed by atoms with Crippen LogP contribution in [0, 0.1) is 0 Å². The molecule has 3 nitrogen and oxygen atoms in total. The highest BCUT2D eigenvalue weighted by molar-refractivity contribution is 7.10. The van der Waals surface area contributed by atoms with Gasteiger partial charge in [-0.2, -0.15) is 0 Å². The van der Waals surface area contributed by atoms with Gasteiger partial charge in [-0.3, -0.25) is 0 Å². The van der Waals surface area contributed by atoms with E-state index in [1.807, 2.05) is 5.38 Å². The average Bonchev–Trinajstić information content (AvgIpc) is 2.75. The summed E-state index contributed by atoms with van der Waals surface area (Å²) in [5.74, 6) is 0. The maximum atomic E-state index is 10.4. The summed E-state index contributed by atoms with van der Waals surface area (Å²) in [4.78, 5) is 0.783. The number of hydrogen-bond acceptors (Lipinski definition) is 4. The monoisotopic (exact) mass is 262 g/mol. The first-order chi connectivity index (χ1) is 7.69. The van der Waals surface area contributed by atoms with Gasteiger partial charge in [-0.25, -0.2) is 0 Å². The van der Waals surface area contributed by atoms with Gasteiger partial charge in [0.25, 0.3) is 0 Å². The van der Waals surface area contributed by atoms with E-state index >= 15 is 0 Å². The third-order valence-corrected chi connectivity index (χ3v) is 4.55. The number of aliphatic hydroxyl groups is 1. The van der Waals surface area contributed by atoms with E-state index in [0.717, 1.165) is 4.88 Å². The van der Waals surface area contributed by atoms with Crippen LogP contribution in [-0.2, 0) is 9.47 Å². The van der Waals surface area contributed by atoms with Crippen molar-refractivity contribution in [1.29, 1.82) is 0 Å². The number of methoxy groups -OCH3 is 1. The zero-order valence-corrected chi connectivity index (χ0v) is 10.7. The summed E-state index contributed by atoms with van der Waals surface area (Å²) in [7, 11) is 1.63. The summed E-state index contributed by atoms with van der Waals surface area (Å²) in [6.07, 6.45) is 0.714. The molecule has 90 valence electrons. The smallest absolute Gasteiger partial charge is 0.119 e. The molecule has 2 heterocycles. The Morgan fingerprint density at radius 3 is 2.75 bits per heavy atom. The molecule has 1 fully saturated rings. The highest BCUT2D eigenvalue weighted by Crippen LogP contribution is 2.41. The predicted octanol–water partition coefficient (Wildman–Crippen LogP) is 2.63. The van der Waals surface area contributed by atoms with E-state index in [2.05, 4.69) is 0 Å². The number of ether oxygens (including phenoxy) is 2.